The van der Waals surface area contributed by atoms with Crippen LogP contribution in [-0.4, -0.2) is 24.6 Å². The normalized spacial score (nSPS) is 17.6. The fourth-order valence-corrected chi connectivity index (χ4v) is 1.84. The van der Waals surface area contributed by atoms with E-state index in [0.717, 1.165) is 0 Å². The van der Waals surface area contributed by atoms with Crippen LogP contribution in [0.2, 0.25) is 0 Å². The Morgan fingerprint density at radius 2 is 2.35 bits per heavy atom. The second kappa shape index (κ2) is 4.18. The first-order valence-corrected chi connectivity index (χ1v) is 5.19. The molecule has 0 bridgehead atoms. The number of anilines is 2. The van der Waals surface area contributed by atoms with Gasteiger partial charge in [0.15, 0.2) is 6.10 Å². The molecule has 1 aromatic carbocycles. The monoisotopic (exact) mass is 236 g/mol. The number of hydrogen-bond acceptors (Lipinski definition) is 3. The van der Waals surface area contributed by atoms with E-state index < -0.39 is 17.8 Å². The number of halogens is 1. The van der Waals surface area contributed by atoms with Gasteiger partial charge in [-0.25, -0.2) is 4.39 Å². The molecule has 17 heavy (non-hydrogen) atoms. The molecule has 0 spiro atoms. The molecule has 1 aliphatic rings. The van der Waals surface area contributed by atoms with Crippen LogP contribution in [0.1, 0.15) is 11.7 Å². The lowest BCUT2D eigenvalue weighted by molar-refractivity contribution is -0.123. The van der Waals surface area contributed by atoms with E-state index in [1.54, 1.807) is 18.0 Å². The van der Waals surface area contributed by atoms with E-state index in [1.807, 2.05) is 0 Å². The Morgan fingerprint density at radius 1 is 1.65 bits per heavy atom. The van der Waals surface area contributed by atoms with E-state index in [1.165, 1.54) is 12.1 Å². The van der Waals surface area contributed by atoms with Crippen LogP contribution < -0.4 is 10.2 Å². The highest BCUT2D eigenvalue weighted by atomic mass is 19.1. The molecule has 4 nitrogen and oxygen atoms in total. The first kappa shape index (κ1) is 11.6. The summed E-state index contributed by atoms with van der Waals surface area (Å²) in [5, 5.41) is 12.0. The molecule has 90 valence electrons. The molecule has 1 aromatic rings. The zero-order chi connectivity index (χ0) is 12.6. The minimum Gasteiger partial charge on any atom is -0.378 e. The topological polar surface area (TPSA) is 52.6 Å². The Bertz CT molecular complexity index is 488. The van der Waals surface area contributed by atoms with Gasteiger partial charge in [-0.15, -0.1) is 6.58 Å². The van der Waals surface area contributed by atoms with Crippen molar-refractivity contribution in [3.05, 3.63) is 36.2 Å². The zero-order valence-corrected chi connectivity index (χ0v) is 9.40. The van der Waals surface area contributed by atoms with Gasteiger partial charge in [-0.05, 0) is 12.1 Å². The summed E-state index contributed by atoms with van der Waals surface area (Å²) in [6, 6.07) is 2.70. The Morgan fingerprint density at radius 3 is 3.00 bits per heavy atom. The van der Waals surface area contributed by atoms with Crippen LogP contribution in [0, 0.1) is 5.82 Å². The van der Waals surface area contributed by atoms with Crippen LogP contribution in [0.4, 0.5) is 15.8 Å². The Kier molecular flexibility index (Phi) is 2.85. The van der Waals surface area contributed by atoms with Crippen molar-refractivity contribution in [3.63, 3.8) is 0 Å². The minimum absolute atomic E-state index is 0.281. The number of likely N-dealkylation sites (N-methyl/N-ethyl adjacent to an activating group) is 1. The van der Waals surface area contributed by atoms with Crippen molar-refractivity contribution < 1.29 is 14.3 Å². The average Bonchev–Trinajstić information content (AvgIpc) is 2.55. The van der Waals surface area contributed by atoms with Crippen molar-refractivity contribution >= 4 is 17.3 Å². The van der Waals surface area contributed by atoms with Crippen molar-refractivity contribution in [3.8, 4) is 0 Å². The van der Waals surface area contributed by atoms with Gasteiger partial charge < -0.3 is 15.3 Å². The third kappa shape index (κ3) is 1.89. The predicted molar refractivity (Wildman–Crippen MR) is 63.5 cm³/mol. The molecule has 2 rings (SSSR count). The first-order chi connectivity index (χ1) is 8.04. The Labute approximate surface area is 98.4 Å². The zero-order valence-electron chi connectivity index (χ0n) is 9.40. The van der Waals surface area contributed by atoms with Gasteiger partial charge in [0.2, 0.25) is 0 Å². The van der Waals surface area contributed by atoms with Crippen LogP contribution in [-0.2, 0) is 4.79 Å². The van der Waals surface area contributed by atoms with Gasteiger partial charge in [-0.1, -0.05) is 6.08 Å². The summed E-state index contributed by atoms with van der Waals surface area (Å²) in [6.45, 7) is 4.07. The van der Waals surface area contributed by atoms with Crippen molar-refractivity contribution in [2.75, 3.05) is 23.8 Å². The van der Waals surface area contributed by atoms with E-state index in [-0.39, 0.29) is 5.56 Å². The number of carbonyl (C=O) groups is 1. The van der Waals surface area contributed by atoms with E-state index >= 15 is 0 Å². The number of nitrogens with zero attached hydrogens (tertiary/aromatic N) is 1. The summed E-state index contributed by atoms with van der Waals surface area (Å²) in [5.41, 5.74) is 1.09. The van der Waals surface area contributed by atoms with Crippen molar-refractivity contribution in [1.82, 2.24) is 0 Å². The van der Waals surface area contributed by atoms with E-state index in [2.05, 4.69) is 11.9 Å². The minimum atomic E-state index is -1.28. The highest BCUT2D eigenvalue weighted by Crippen LogP contribution is 2.35. The third-order valence-electron chi connectivity index (χ3n) is 2.73. The Balaban J connectivity index is 2.43. The first-order valence-electron chi connectivity index (χ1n) is 5.19. The summed E-state index contributed by atoms with van der Waals surface area (Å²) >= 11 is 0. The number of hydrogen-bond donors (Lipinski definition) is 2. The summed E-state index contributed by atoms with van der Waals surface area (Å²) in [6.07, 6.45) is 0.373. The summed E-state index contributed by atoms with van der Waals surface area (Å²) < 4.78 is 13.8. The number of nitrogens with one attached hydrogen (secondary N) is 1. The third-order valence-corrected chi connectivity index (χ3v) is 2.73. The van der Waals surface area contributed by atoms with Crippen molar-refractivity contribution in [2.45, 2.75) is 6.10 Å². The molecule has 0 saturated heterocycles. The standard InChI is InChI=1S/C12H13FN2O2/c1-3-4-15(2)10-6-9-7(5-8(10)13)11(16)12(17)14-9/h3,5-6,11,16H,1,4H2,2H3,(H,14,17). The van der Waals surface area contributed by atoms with Crippen molar-refractivity contribution in [1.29, 1.82) is 0 Å². The van der Waals surface area contributed by atoms with E-state index in [4.69, 9.17) is 0 Å². The summed E-state index contributed by atoms with van der Waals surface area (Å²) in [7, 11) is 1.72. The van der Waals surface area contributed by atoms with Crippen LogP contribution in [0.3, 0.4) is 0 Å². The number of carbonyl (C=O) groups excluding carboxylic acids is 1. The Hall–Kier alpha value is -1.88. The maximum atomic E-state index is 13.8. The highest BCUT2D eigenvalue weighted by molar-refractivity contribution is 6.02. The van der Waals surface area contributed by atoms with Crippen LogP contribution in [0.5, 0.6) is 0 Å². The second-order valence-electron chi connectivity index (χ2n) is 3.95. The average molecular weight is 236 g/mol. The molecule has 1 aliphatic heterocycles. The molecule has 0 aliphatic carbocycles. The van der Waals surface area contributed by atoms with Gasteiger partial charge in [-0.2, -0.15) is 0 Å². The van der Waals surface area contributed by atoms with Gasteiger partial charge in [0.1, 0.15) is 5.82 Å². The number of fused-ring (bicyclic) bond motifs is 1. The smallest absolute Gasteiger partial charge is 0.257 e. The molecule has 0 saturated carbocycles. The van der Waals surface area contributed by atoms with Gasteiger partial charge in [0.25, 0.3) is 5.91 Å². The molecule has 1 heterocycles. The SMILES string of the molecule is C=CCN(C)c1cc2c(cc1F)C(O)C(=O)N2. The van der Waals surface area contributed by atoms with Crippen LogP contribution >= 0.6 is 0 Å². The molecule has 5 heteroatoms. The molecule has 2 N–H and O–H groups in total. The molecular weight excluding hydrogens is 223 g/mol. The maximum absolute atomic E-state index is 13.8. The lowest BCUT2D eigenvalue weighted by Gasteiger charge is -2.19. The number of rotatable bonds is 3. The molecule has 1 unspecified atom stereocenters. The van der Waals surface area contributed by atoms with Crippen LogP contribution in [0.15, 0.2) is 24.8 Å². The van der Waals surface area contributed by atoms with Gasteiger partial charge in [0, 0.05) is 24.8 Å². The fourth-order valence-electron chi connectivity index (χ4n) is 1.84. The summed E-state index contributed by atoms with van der Waals surface area (Å²) in [5.74, 6) is -0.994. The number of aliphatic hydroxyl groups excluding tert-OH is 1. The quantitative estimate of drug-likeness (QED) is 0.781. The van der Waals surface area contributed by atoms with E-state index in [0.29, 0.717) is 17.9 Å². The van der Waals surface area contributed by atoms with Gasteiger partial charge in [-0.3, -0.25) is 4.79 Å². The van der Waals surface area contributed by atoms with Gasteiger partial charge >= 0.3 is 0 Å². The molecule has 1 amide bonds. The lowest BCUT2D eigenvalue weighted by Crippen LogP contribution is -2.18. The van der Waals surface area contributed by atoms with Crippen molar-refractivity contribution in [2.24, 2.45) is 0 Å². The number of aliphatic hydroxyl groups is 1. The molecule has 1 atom stereocenters. The number of amides is 1. The molecular formula is C12H13FN2O2. The lowest BCUT2D eigenvalue weighted by atomic mass is 10.1. The van der Waals surface area contributed by atoms with Crippen LogP contribution in [0.25, 0.3) is 0 Å². The molecule has 0 fully saturated rings. The second-order valence-corrected chi connectivity index (χ2v) is 3.95. The fraction of sp³-hybridized carbons (Fsp3) is 0.250. The maximum Gasteiger partial charge on any atom is 0.257 e. The highest BCUT2D eigenvalue weighted by Gasteiger charge is 2.30. The predicted octanol–water partition coefficient (Wildman–Crippen LogP) is 1.43. The molecule has 0 radical (unpaired) electrons. The van der Waals surface area contributed by atoms with E-state index in [9.17, 15) is 14.3 Å². The largest absolute Gasteiger partial charge is 0.378 e. The van der Waals surface area contributed by atoms with Gasteiger partial charge in [0.05, 0.1) is 5.69 Å². The molecule has 0 aromatic heterocycles. The number of benzene rings is 1. The summed E-state index contributed by atoms with van der Waals surface area (Å²) in [4.78, 5) is 12.9.